The lowest BCUT2D eigenvalue weighted by molar-refractivity contribution is 0.583. The quantitative estimate of drug-likeness (QED) is 0.271. The van der Waals surface area contributed by atoms with Crippen molar-refractivity contribution >= 4 is 45.6 Å². The summed E-state index contributed by atoms with van der Waals surface area (Å²) in [4.78, 5) is 4.11. The molecular weight excluding hydrogens is 415 g/mol. The maximum atomic E-state index is 11.2. The van der Waals surface area contributed by atoms with Gasteiger partial charge in [0.05, 0.1) is 12.3 Å². The van der Waals surface area contributed by atoms with E-state index in [9.17, 15) is 8.42 Å². The fraction of sp³-hybridized carbons (Fsp3) is 0.500. The van der Waals surface area contributed by atoms with Crippen molar-refractivity contribution in [3.05, 3.63) is 29.3 Å². The van der Waals surface area contributed by atoms with Crippen LogP contribution in [0.15, 0.2) is 23.2 Å². The summed E-state index contributed by atoms with van der Waals surface area (Å²) >= 11 is 0. The fourth-order valence-electron chi connectivity index (χ4n) is 2.32. The van der Waals surface area contributed by atoms with Crippen molar-refractivity contribution in [2.75, 3.05) is 24.2 Å². The highest BCUT2D eigenvalue weighted by molar-refractivity contribution is 14.0. The molecule has 0 aliphatic heterocycles. The van der Waals surface area contributed by atoms with E-state index in [1.54, 1.807) is 6.92 Å². The summed E-state index contributed by atoms with van der Waals surface area (Å²) in [7, 11) is -3.16. The van der Waals surface area contributed by atoms with Crippen molar-refractivity contribution in [2.24, 2.45) is 10.7 Å². The van der Waals surface area contributed by atoms with Gasteiger partial charge in [-0.15, -0.1) is 24.0 Å². The Kier molecular flexibility index (Phi) is 7.57. The topological polar surface area (TPSA) is 96.6 Å². The molecule has 2 rings (SSSR count). The monoisotopic (exact) mass is 438 g/mol. The van der Waals surface area contributed by atoms with Crippen LogP contribution in [-0.4, -0.2) is 33.2 Å². The number of fused-ring (bicyclic) bond motifs is 1. The van der Waals surface area contributed by atoms with Crippen LogP contribution in [0.1, 0.15) is 24.5 Å². The Hall–Kier alpha value is -0.870. The average Bonchev–Trinajstić information content (AvgIpc) is 2.91. The maximum Gasteiger partial charge on any atom is 0.211 e. The number of benzene rings is 1. The average molecular weight is 438 g/mol. The van der Waals surface area contributed by atoms with Crippen molar-refractivity contribution in [1.29, 1.82) is 0 Å². The minimum Gasteiger partial charge on any atom is -0.370 e. The predicted molar refractivity (Wildman–Crippen MR) is 101 cm³/mol. The molecule has 0 fully saturated rings. The number of nitrogens with zero attached hydrogens (tertiary/aromatic N) is 1. The highest BCUT2D eigenvalue weighted by Gasteiger charge is 2.10. The number of aryl methyl sites for hydroxylation is 2. The Morgan fingerprint density at radius 3 is 2.77 bits per heavy atom. The van der Waals surface area contributed by atoms with Gasteiger partial charge < -0.3 is 11.1 Å². The maximum absolute atomic E-state index is 11.2. The molecule has 4 N–H and O–H groups in total. The van der Waals surface area contributed by atoms with Gasteiger partial charge in [0.15, 0.2) is 5.96 Å². The van der Waals surface area contributed by atoms with Crippen LogP contribution in [0, 0.1) is 0 Å². The van der Waals surface area contributed by atoms with E-state index in [1.165, 1.54) is 17.5 Å². The molecule has 0 heterocycles. The van der Waals surface area contributed by atoms with Crippen LogP contribution in [0.25, 0.3) is 0 Å². The second kappa shape index (κ2) is 8.68. The van der Waals surface area contributed by atoms with Gasteiger partial charge in [-0.3, -0.25) is 4.99 Å². The Balaban J connectivity index is 0.00000242. The molecule has 1 aromatic rings. The molecule has 0 saturated heterocycles. The largest absolute Gasteiger partial charge is 0.370 e. The summed E-state index contributed by atoms with van der Waals surface area (Å²) in [5.41, 5.74) is 9.49. The van der Waals surface area contributed by atoms with Crippen LogP contribution in [0.4, 0.5) is 5.69 Å². The van der Waals surface area contributed by atoms with Crippen molar-refractivity contribution in [2.45, 2.75) is 26.2 Å². The summed E-state index contributed by atoms with van der Waals surface area (Å²) in [5.74, 6) is 0.364. The SMILES string of the molecule is CCS(=O)(=O)NCCN=C(N)Nc1ccc2c(c1)CCC2.I. The van der Waals surface area contributed by atoms with Crippen LogP contribution in [0.2, 0.25) is 0 Å². The molecule has 0 unspecified atom stereocenters. The first-order chi connectivity index (χ1) is 10.00. The summed E-state index contributed by atoms with van der Waals surface area (Å²) in [5, 5.41) is 3.03. The van der Waals surface area contributed by atoms with Gasteiger partial charge in [-0.25, -0.2) is 13.1 Å². The zero-order chi connectivity index (χ0) is 15.3. The summed E-state index contributed by atoms with van der Waals surface area (Å²) in [6, 6.07) is 6.21. The van der Waals surface area contributed by atoms with E-state index >= 15 is 0 Å². The van der Waals surface area contributed by atoms with Gasteiger partial charge in [-0.2, -0.15) is 0 Å². The van der Waals surface area contributed by atoms with E-state index in [2.05, 4.69) is 27.2 Å². The predicted octanol–water partition coefficient (Wildman–Crippen LogP) is 1.46. The van der Waals surface area contributed by atoms with E-state index in [1.807, 2.05) is 6.07 Å². The number of halogens is 1. The molecule has 0 atom stereocenters. The van der Waals surface area contributed by atoms with Crippen LogP contribution >= 0.6 is 24.0 Å². The van der Waals surface area contributed by atoms with E-state index in [0.29, 0.717) is 12.5 Å². The standard InChI is InChI=1S/C14H22N4O2S.HI/c1-2-21(19,20)17-9-8-16-14(15)18-13-7-6-11-4-3-5-12(11)10-13;/h6-7,10,17H,2-5,8-9H2,1H3,(H3,15,16,18);1H. The number of hydrogen-bond donors (Lipinski definition) is 3. The molecule has 0 amide bonds. The van der Waals surface area contributed by atoms with E-state index < -0.39 is 10.0 Å². The first-order valence-electron chi connectivity index (χ1n) is 7.16. The third-order valence-corrected chi connectivity index (χ3v) is 4.87. The number of anilines is 1. The Morgan fingerprint density at radius 2 is 2.05 bits per heavy atom. The summed E-state index contributed by atoms with van der Waals surface area (Å²) in [6.07, 6.45) is 3.47. The molecule has 6 nitrogen and oxygen atoms in total. The lowest BCUT2D eigenvalue weighted by atomic mass is 10.1. The molecule has 0 spiro atoms. The lowest BCUT2D eigenvalue weighted by Gasteiger charge is -2.08. The second-order valence-electron chi connectivity index (χ2n) is 5.03. The van der Waals surface area contributed by atoms with E-state index in [4.69, 9.17) is 5.73 Å². The zero-order valence-electron chi connectivity index (χ0n) is 12.6. The van der Waals surface area contributed by atoms with Crippen LogP contribution in [-0.2, 0) is 22.9 Å². The first kappa shape index (κ1) is 19.2. The van der Waals surface area contributed by atoms with Crippen LogP contribution < -0.4 is 15.8 Å². The molecule has 0 saturated carbocycles. The number of rotatable bonds is 6. The number of aliphatic imine (C=N–C) groups is 1. The molecule has 0 radical (unpaired) electrons. The van der Waals surface area contributed by atoms with Crippen molar-refractivity contribution in [3.63, 3.8) is 0 Å². The molecule has 1 aliphatic rings. The Bertz CT molecular complexity index is 632. The normalized spacial score (nSPS) is 14.3. The van der Waals surface area contributed by atoms with Gasteiger partial charge in [0.25, 0.3) is 0 Å². The van der Waals surface area contributed by atoms with Crippen LogP contribution in [0.3, 0.4) is 0 Å². The molecule has 1 aromatic carbocycles. The first-order valence-corrected chi connectivity index (χ1v) is 8.81. The highest BCUT2D eigenvalue weighted by Crippen LogP contribution is 2.24. The minimum absolute atomic E-state index is 0. The number of nitrogens with one attached hydrogen (secondary N) is 2. The fourth-order valence-corrected chi connectivity index (χ4v) is 2.92. The van der Waals surface area contributed by atoms with Gasteiger partial charge in [0.1, 0.15) is 0 Å². The molecule has 22 heavy (non-hydrogen) atoms. The highest BCUT2D eigenvalue weighted by atomic mass is 127. The molecule has 1 aliphatic carbocycles. The Labute approximate surface area is 149 Å². The van der Waals surface area contributed by atoms with Gasteiger partial charge in [0.2, 0.25) is 10.0 Å². The Morgan fingerprint density at radius 1 is 1.32 bits per heavy atom. The number of sulfonamides is 1. The smallest absolute Gasteiger partial charge is 0.211 e. The zero-order valence-corrected chi connectivity index (χ0v) is 15.8. The number of nitrogens with two attached hydrogens (primary N) is 1. The van der Waals surface area contributed by atoms with Gasteiger partial charge in [0, 0.05) is 12.2 Å². The van der Waals surface area contributed by atoms with Crippen molar-refractivity contribution in [1.82, 2.24) is 4.72 Å². The van der Waals surface area contributed by atoms with E-state index in [0.717, 1.165) is 18.5 Å². The minimum atomic E-state index is -3.16. The number of guanidine groups is 1. The van der Waals surface area contributed by atoms with Gasteiger partial charge in [-0.05, 0) is 49.4 Å². The van der Waals surface area contributed by atoms with E-state index in [-0.39, 0.29) is 36.3 Å². The molecule has 8 heteroatoms. The van der Waals surface area contributed by atoms with Gasteiger partial charge >= 0.3 is 0 Å². The molecule has 0 bridgehead atoms. The van der Waals surface area contributed by atoms with Gasteiger partial charge in [-0.1, -0.05) is 6.07 Å². The lowest BCUT2D eigenvalue weighted by Crippen LogP contribution is -2.29. The van der Waals surface area contributed by atoms with Crippen molar-refractivity contribution < 1.29 is 8.42 Å². The molecule has 0 aromatic heterocycles. The second-order valence-corrected chi connectivity index (χ2v) is 7.12. The molecule has 124 valence electrons. The third-order valence-electron chi connectivity index (χ3n) is 3.47. The number of hydrogen-bond acceptors (Lipinski definition) is 3. The molecular formula is C14H23IN4O2S. The third kappa shape index (κ3) is 5.73. The summed E-state index contributed by atoms with van der Waals surface area (Å²) < 4.78 is 24.9. The summed E-state index contributed by atoms with van der Waals surface area (Å²) in [6.45, 7) is 2.15. The van der Waals surface area contributed by atoms with Crippen LogP contribution in [0.5, 0.6) is 0 Å². The van der Waals surface area contributed by atoms with Crippen molar-refractivity contribution in [3.8, 4) is 0 Å².